The quantitative estimate of drug-likeness (QED) is 0.340. The number of nitrogens with zero attached hydrogens (tertiary/aromatic N) is 1. The van der Waals surface area contributed by atoms with Crippen LogP contribution in [0.4, 0.5) is 10.1 Å². The van der Waals surface area contributed by atoms with E-state index in [4.69, 9.17) is 4.74 Å². The van der Waals surface area contributed by atoms with Gasteiger partial charge in [0.15, 0.2) is 6.10 Å². The first-order valence-corrected chi connectivity index (χ1v) is 8.45. The molecule has 0 fully saturated rings. The number of nitro benzene ring substituents is 1. The van der Waals surface area contributed by atoms with Crippen LogP contribution in [-0.4, -0.2) is 22.9 Å². The van der Waals surface area contributed by atoms with Crippen molar-refractivity contribution in [3.8, 4) is 0 Å². The Balaban J connectivity index is 1.90. The molecule has 7 nitrogen and oxygen atoms in total. The molecule has 1 N–H and O–H groups in total. The van der Waals surface area contributed by atoms with Gasteiger partial charge in [0.25, 0.3) is 11.6 Å². The molecule has 2 aromatic carbocycles. The number of carbonyl (C=O) groups excluding carboxylic acids is 2. The number of esters is 1. The molecule has 0 spiro atoms. The second-order valence-electron chi connectivity index (χ2n) is 6.05. The number of amides is 1. The molecule has 0 aliphatic rings. The van der Waals surface area contributed by atoms with Crippen LogP contribution in [0.15, 0.2) is 54.6 Å². The maximum atomic E-state index is 13.0. The van der Waals surface area contributed by atoms with Crippen molar-refractivity contribution in [2.24, 2.45) is 0 Å². The van der Waals surface area contributed by atoms with Crippen LogP contribution in [0, 0.1) is 15.9 Å². The fraction of sp³-hybridized carbons (Fsp3) is 0.200. The van der Waals surface area contributed by atoms with E-state index >= 15 is 0 Å². The zero-order valence-electron chi connectivity index (χ0n) is 15.3. The molecule has 28 heavy (non-hydrogen) atoms. The van der Waals surface area contributed by atoms with E-state index in [9.17, 15) is 24.1 Å². The van der Waals surface area contributed by atoms with Gasteiger partial charge in [0, 0.05) is 18.2 Å². The predicted octanol–water partition coefficient (Wildman–Crippen LogP) is 3.56. The Bertz CT molecular complexity index is 896. The van der Waals surface area contributed by atoms with Gasteiger partial charge in [-0.15, -0.1) is 0 Å². The third-order valence-electron chi connectivity index (χ3n) is 3.88. The van der Waals surface area contributed by atoms with Crippen LogP contribution < -0.4 is 5.32 Å². The zero-order valence-corrected chi connectivity index (χ0v) is 15.3. The van der Waals surface area contributed by atoms with Crippen molar-refractivity contribution in [2.45, 2.75) is 26.0 Å². The number of non-ortho nitro benzene ring substituents is 1. The van der Waals surface area contributed by atoms with E-state index in [1.54, 1.807) is 25.1 Å². The summed E-state index contributed by atoms with van der Waals surface area (Å²) in [6, 6.07) is 11.0. The minimum absolute atomic E-state index is 0.0990. The minimum atomic E-state index is -1.05. The number of nitro groups is 1. The SMILES string of the molecule is CC(OC(=O)/C=C/c1cccc([N+](=O)[O-])c1)C(=O)NC(C)c1ccc(F)cc1. The first-order valence-electron chi connectivity index (χ1n) is 8.45. The lowest BCUT2D eigenvalue weighted by atomic mass is 10.1. The van der Waals surface area contributed by atoms with E-state index in [1.807, 2.05) is 0 Å². The van der Waals surface area contributed by atoms with Crippen molar-refractivity contribution in [2.75, 3.05) is 0 Å². The number of benzene rings is 2. The lowest BCUT2D eigenvalue weighted by molar-refractivity contribution is -0.384. The third-order valence-corrected chi connectivity index (χ3v) is 3.88. The molecule has 0 bridgehead atoms. The Morgan fingerprint density at radius 1 is 1.18 bits per heavy atom. The van der Waals surface area contributed by atoms with Gasteiger partial charge in [-0.2, -0.15) is 0 Å². The number of halogens is 1. The second kappa shape index (κ2) is 9.40. The molecule has 0 saturated carbocycles. The summed E-state index contributed by atoms with van der Waals surface area (Å²) in [5.41, 5.74) is 1.06. The zero-order chi connectivity index (χ0) is 20.7. The van der Waals surface area contributed by atoms with Gasteiger partial charge >= 0.3 is 5.97 Å². The highest BCUT2D eigenvalue weighted by molar-refractivity contribution is 5.90. The van der Waals surface area contributed by atoms with Gasteiger partial charge in [-0.1, -0.05) is 24.3 Å². The summed E-state index contributed by atoms with van der Waals surface area (Å²) in [7, 11) is 0. The van der Waals surface area contributed by atoms with Gasteiger partial charge in [0.2, 0.25) is 0 Å². The number of nitrogens with one attached hydrogen (secondary N) is 1. The summed E-state index contributed by atoms with van der Waals surface area (Å²) >= 11 is 0. The molecule has 2 rings (SSSR count). The van der Waals surface area contributed by atoms with E-state index in [-0.39, 0.29) is 11.5 Å². The number of rotatable bonds is 7. The molecule has 0 aliphatic carbocycles. The molecule has 0 saturated heterocycles. The maximum Gasteiger partial charge on any atom is 0.331 e. The van der Waals surface area contributed by atoms with Crippen LogP contribution in [0.2, 0.25) is 0 Å². The number of ether oxygens (including phenoxy) is 1. The average molecular weight is 386 g/mol. The maximum absolute atomic E-state index is 13.0. The Labute approximate surface area is 161 Å². The minimum Gasteiger partial charge on any atom is -0.449 e. The van der Waals surface area contributed by atoms with Crippen LogP contribution in [0.25, 0.3) is 6.08 Å². The molecular weight excluding hydrogens is 367 g/mol. The number of carbonyl (C=O) groups is 2. The van der Waals surface area contributed by atoms with Crippen LogP contribution >= 0.6 is 0 Å². The fourth-order valence-electron chi connectivity index (χ4n) is 2.34. The molecular formula is C20H19FN2O5. The van der Waals surface area contributed by atoms with Gasteiger partial charge in [0.1, 0.15) is 5.82 Å². The highest BCUT2D eigenvalue weighted by atomic mass is 19.1. The second-order valence-corrected chi connectivity index (χ2v) is 6.05. The van der Waals surface area contributed by atoms with Crippen molar-refractivity contribution in [3.05, 3.63) is 81.7 Å². The van der Waals surface area contributed by atoms with Crippen LogP contribution in [0.3, 0.4) is 0 Å². The van der Waals surface area contributed by atoms with Gasteiger partial charge in [-0.25, -0.2) is 9.18 Å². The van der Waals surface area contributed by atoms with E-state index in [1.165, 1.54) is 43.3 Å². The summed E-state index contributed by atoms with van der Waals surface area (Å²) in [5, 5.41) is 13.4. The van der Waals surface area contributed by atoms with Crippen LogP contribution in [0.5, 0.6) is 0 Å². The predicted molar refractivity (Wildman–Crippen MR) is 101 cm³/mol. The third kappa shape index (κ3) is 6.01. The average Bonchev–Trinajstić information content (AvgIpc) is 2.67. The Morgan fingerprint density at radius 3 is 2.50 bits per heavy atom. The van der Waals surface area contributed by atoms with Gasteiger partial charge in [0.05, 0.1) is 11.0 Å². The number of hydrogen-bond donors (Lipinski definition) is 1. The first kappa shape index (κ1) is 20.8. The van der Waals surface area contributed by atoms with E-state index in [0.29, 0.717) is 11.1 Å². The number of hydrogen-bond acceptors (Lipinski definition) is 5. The molecule has 0 radical (unpaired) electrons. The Kier molecular flexibility index (Phi) is 6.97. The molecule has 2 unspecified atom stereocenters. The van der Waals surface area contributed by atoms with Crippen molar-refractivity contribution in [1.29, 1.82) is 0 Å². The normalized spacial score (nSPS) is 13.0. The van der Waals surface area contributed by atoms with Crippen molar-refractivity contribution < 1.29 is 23.6 Å². The van der Waals surface area contributed by atoms with E-state index in [2.05, 4.69) is 5.32 Å². The molecule has 1 amide bonds. The molecule has 0 aromatic heterocycles. The van der Waals surface area contributed by atoms with Gasteiger partial charge in [-0.3, -0.25) is 14.9 Å². The van der Waals surface area contributed by atoms with Crippen molar-refractivity contribution >= 4 is 23.6 Å². The first-order chi connectivity index (χ1) is 13.3. The van der Waals surface area contributed by atoms with Crippen LogP contribution in [-0.2, 0) is 14.3 Å². The molecule has 146 valence electrons. The molecule has 2 aromatic rings. The molecule has 2 atom stereocenters. The lowest BCUT2D eigenvalue weighted by Gasteiger charge is -2.17. The largest absolute Gasteiger partial charge is 0.449 e. The monoisotopic (exact) mass is 386 g/mol. The van der Waals surface area contributed by atoms with Gasteiger partial charge in [-0.05, 0) is 43.2 Å². The molecule has 0 aliphatic heterocycles. The Hall–Kier alpha value is -3.55. The summed E-state index contributed by atoms with van der Waals surface area (Å²) in [5.74, 6) is -1.64. The highest BCUT2D eigenvalue weighted by Gasteiger charge is 2.19. The highest BCUT2D eigenvalue weighted by Crippen LogP contribution is 2.15. The lowest BCUT2D eigenvalue weighted by Crippen LogP contribution is -2.37. The topological polar surface area (TPSA) is 98.5 Å². The van der Waals surface area contributed by atoms with Crippen molar-refractivity contribution in [1.82, 2.24) is 5.32 Å². The Morgan fingerprint density at radius 2 is 1.86 bits per heavy atom. The fourth-order valence-corrected chi connectivity index (χ4v) is 2.34. The molecule has 8 heteroatoms. The summed E-state index contributed by atoms with van der Waals surface area (Å²) < 4.78 is 18.0. The molecule has 0 heterocycles. The van der Waals surface area contributed by atoms with E-state index in [0.717, 1.165) is 6.08 Å². The summed E-state index contributed by atoms with van der Waals surface area (Å²) in [6.45, 7) is 3.15. The summed E-state index contributed by atoms with van der Waals surface area (Å²) in [6.07, 6.45) is 1.40. The van der Waals surface area contributed by atoms with E-state index < -0.39 is 28.9 Å². The van der Waals surface area contributed by atoms with Gasteiger partial charge < -0.3 is 10.1 Å². The van der Waals surface area contributed by atoms with Crippen molar-refractivity contribution in [3.63, 3.8) is 0 Å². The smallest absolute Gasteiger partial charge is 0.331 e. The van der Waals surface area contributed by atoms with Crippen LogP contribution in [0.1, 0.15) is 31.0 Å². The summed E-state index contributed by atoms with van der Waals surface area (Å²) in [4.78, 5) is 34.2. The standard InChI is InChI=1S/C20H19FN2O5/c1-13(16-7-9-17(21)10-8-16)22-20(25)14(2)28-19(24)11-6-15-4-3-5-18(12-15)23(26)27/h3-14H,1-2H3,(H,22,25)/b11-6+.